The second-order valence-electron chi connectivity index (χ2n) is 7.44. The molecule has 3 nitrogen and oxygen atoms in total. The second-order valence-corrected chi connectivity index (χ2v) is 7.44. The van der Waals surface area contributed by atoms with Gasteiger partial charge < -0.3 is 9.64 Å². The Morgan fingerprint density at radius 2 is 1.73 bits per heavy atom. The molecule has 0 bridgehead atoms. The summed E-state index contributed by atoms with van der Waals surface area (Å²) in [7, 11) is 0. The minimum atomic E-state index is -0.539. The van der Waals surface area contributed by atoms with E-state index in [1.54, 1.807) is 17.9 Å². The van der Waals surface area contributed by atoms with Crippen LogP contribution >= 0.6 is 0 Å². The van der Waals surface area contributed by atoms with Crippen molar-refractivity contribution in [2.75, 3.05) is 11.4 Å². The molecule has 0 fully saturated rings. The van der Waals surface area contributed by atoms with Crippen LogP contribution in [-0.4, -0.2) is 18.6 Å². The van der Waals surface area contributed by atoms with Gasteiger partial charge in [0.15, 0.2) is 0 Å². The van der Waals surface area contributed by atoms with E-state index in [4.69, 9.17) is 4.74 Å². The van der Waals surface area contributed by atoms with Crippen molar-refractivity contribution >= 4 is 11.6 Å². The van der Waals surface area contributed by atoms with E-state index >= 15 is 0 Å². The number of para-hydroxylation sites is 1. The maximum atomic E-state index is 13.1. The number of rotatable bonds is 7. The summed E-state index contributed by atoms with van der Waals surface area (Å²) in [6.07, 6.45) is 1.21. The van der Waals surface area contributed by atoms with E-state index in [-0.39, 0.29) is 11.3 Å². The molecule has 2 aromatic carbocycles. The lowest BCUT2D eigenvalue weighted by Gasteiger charge is -2.31. The van der Waals surface area contributed by atoms with Crippen LogP contribution in [0.25, 0.3) is 0 Å². The van der Waals surface area contributed by atoms with Crippen molar-refractivity contribution in [2.24, 2.45) is 0 Å². The molecular formula is C23H29NO2. The van der Waals surface area contributed by atoms with E-state index in [1.165, 1.54) is 0 Å². The number of nitrogens with zero attached hydrogens (tertiary/aromatic N) is 1. The molecular weight excluding hydrogens is 322 g/mol. The van der Waals surface area contributed by atoms with Crippen molar-refractivity contribution in [3.63, 3.8) is 0 Å². The van der Waals surface area contributed by atoms with Gasteiger partial charge in [-0.2, -0.15) is 0 Å². The lowest BCUT2D eigenvalue weighted by atomic mass is 9.85. The van der Waals surface area contributed by atoms with E-state index < -0.39 is 6.10 Å². The first-order valence-electron chi connectivity index (χ1n) is 9.02. The van der Waals surface area contributed by atoms with Gasteiger partial charge in [0.05, 0.1) is 6.61 Å². The summed E-state index contributed by atoms with van der Waals surface area (Å²) >= 11 is 0. The van der Waals surface area contributed by atoms with Gasteiger partial charge in [0, 0.05) is 12.2 Å². The summed E-state index contributed by atoms with van der Waals surface area (Å²) < 4.78 is 5.84. The van der Waals surface area contributed by atoms with E-state index in [9.17, 15) is 4.79 Å². The highest BCUT2D eigenvalue weighted by Gasteiger charge is 2.27. The predicted molar refractivity (Wildman–Crippen MR) is 108 cm³/mol. The second kappa shape index (κ2) is 8.81. The maximum absolute atomic E-state index is 13.1. The summed E-state index contributed by atoms with van der Waals surface area (Å²) in [6, 6.07) is 17.9. The molecule has 2 aromatic rings. The first-order valence-corrected chi connectivity index (χ1v) is 9.02. The van der Waals surface area contributed by atoms with Gasteiger partial charge in [0.1, 0.15) is 6.10 Å². The molecule has 0 aliphatic rings. The van der Waals surface area contributed by atoms with Crippen LogP contribution in [0, 0.1) is 0 Å². The number of hydrogen-bond acceptors (Lipinski definition) is 2. The van der Waals surface area contributed by atoms with E-state index in [0.717, 1.165) is 16.8 Å². The molecule has 3 heteroatoms. The van der Waals surface area contributed by atoms with Crippen molar-refractivity contribution in [1.29, 1.82) is 0 Å². The predicted octanol–water partition coefficient (Wildman–Crippen LogP) is 5.11. The number of amides is 1. The molecule has 1 amide bonds. The van der Waals surface area contributed by atoms with Crippen molar-refractivity contribution in [3.8, 4) is 0 Å². The number of carbonyl (C=O) groups is 1. The maximum Gasteiger partial charge on any atom is 0.256 e. The van der Waals surface area contributed by atoms with Gasteiger partial charge in [-0.15, -0.1) is 6.58 Å². The molecule has 0 aromatic heterocycles. The first-order chi connectivity index (χ1) is 12.3. The molecule has 0 heterocycles. The standard InChI is InChI=1S/C23H29NO2/c1-6-16-24(21-15-11-10-14-20(21)23(3,4)5)22(25)18(2)26-17-19-12-8-7-9-13-19/h6-15,18H,1,16-17H2,2-5H3/t18-/m0/s1. The normalized spacial score (nSPS) is 12.5. The average molecular weight is 351 g/mol. The molecule has 0 aliphatic heterocycles. The summed E-state index contributed by atoms with van der Waals surface area (Å²) in [5, 5.41) is 0. The van der Waals surface area contributed by atoms with E-state index in [0.29, 0.717) is 13.2 Å². The van der Waals surface area contributed by atoms with Gasteiger partial charge in [0.25, 0.3) is 5.91 Å². The minimum Gasteiger partial charge on any atom is -0.364 e. The van der Waals surface area contributed by atoms with Crippen LogP contribution < -0.4 is 4.90 Å². The highest BCUT2D eigenvalue weighted by atomic mass is 16.5. The fourth-order valence-corrected chi connectivity index (χ4v) is 2.87. The fraction of sp³-hybridized carbons (Fsp3) is 0.348. The Labute approximate surface area is 157 Å². The first kappa shape index (κ1) is 19.9. The van der Waals surface area contributed by atoms with Crippen LogP contribution in [0.1, 0.15) is 38.8 Å². The molecule has 1 atom stereocenters. The van der Waals surface area contributed by atoms with Crippen LogP contribution in [0.15, 0.2) is 67.3 Å². The third-order valence-corrected chi connectivity index (χ3v) is 4.27. The molecule has 26 heavy (non-hydrogen) atoms. The summed E-state index contributed by atoms with van der Waals surface area (Å²) in [4.78, 5) is 14.9. The molecule has 0 unspecified atom stereocenters. The summed E-state index contributed by atoms with van der Waals surface area (Å²) in [5.41, 5.74) is 3.03. The number of carbonyl (C=O) groups excluding carboxylic acids is 1. The van der Waals surface area contributed by atoms with Crippen molar-refractivity contribution in [1.82, 2.24) is 0 Å². The number of ether oxygens (including phenoxy) is 1. The summed E-state index contributed by atoms with van der Waals surface area (Å²) in [5.74, 6) is -0.0578. The fourth-order valence-electron chi connectivity index (χ4n) is 2.87. The highest BCUT2D eigenvalue weighted by Crippen LogP contribution is 2.32. The molecule has 0 saturated heterocycles. The quantitative estimate of drug-likeness (QED) is 0.649. The van der Waals surface area contributed by atoms with Crippen LogP contribution in [0.3, 0.4) is 0 Å². The molecule has 2 rings (SSSR count). The van der Waals surface area contributed by atoms with E-state index in [2.05, 4.69) is 33.4 Å². The van der Waals surface area contributed by atoms with Crippen LogP contribution in [-0.2, 0) is 21.6 Å². The van der Waals surface area contributed by atoms with Gasteiger partial charge in [0.2, 0.25) is 0 Å². The molecule has 0 spiro atoms. The number of benzene rings is 2. The van der Waals surface area contributed by atoms with Gasteiger partial charge in [-0.25, -0.2) is 0 Å². The molecule has 138 valence electrons. The lowest BCUT2D eigenvalue weighted by molar-refractivity contribution is -0.129. The third-order valence-electron chi connectivity index (χ3n) is 4.27. The minimum absolute atomic E-state index is 0.0578. The Balaban J connectivity index is 2.21. The monoisotopic (exact) mass is 351 g/mol. The SMILES string of the molecule is C=CCN(C(=O)[C@H](C)OCc1ccccc1)c1ccccc1C(C)(C)C. The van der Waals surface area contributed by atoms with Crippen molar-refractivity contribution < 1.29 is 9.53 Å². The van der Waals surface area contributed by atoms with Gasteiger partial charge in [-0.3, -0.25) is 4.79 Å². The Kier molecular flexibility index (Phi) is 6.76. The van der Waals surface area contributed by atoms with Crippen LogP contribution in [0.2, 0.25) is 0 Å². The largest absolute Gasteiger partial charge is 0.364 e. The zero-order chi connectivity index (χ0) is 19.2. The van der Waals surface area contributed by atoms with Gasteiger partial charge >= 0.3 is 0 Å². The van der Waals surface area contributed by atoms with Crippen molar-refractivity contribution in [2.45, 2.75) is 45.8 Å². The smallest absolute Gasteiger partial charge is 0.256 e. The zero-order valence-corrected chi connectivity index (χ0v) is 16.2. The topological polar surface area (TPSA) is 29.5 Å². The third kappa shape index (κ3) is 5.06. The Bertz CT molecular complexity index is 731. The average Bonchev–Trinajstić information content (AvgIpc) is 2.64. The van der Waals surface area contributed by atoms with Crippen LogP contribution in [0.5, 0.6) is 0 Å². The molecule has 0 saturated carbocycles. The van der Waals surface area contributed by atoms with Crippen molar-refractivity contribution in [3.05, 3.63) is 78.4 Å². The Morgan fingerprint density at radius 1 is 1.12 bits per heavy atom. The number of anilines is 1. The van der Waals surface area contributed by atoms with Gasteiger partial charge in [-0.05, 0) is 29.5 Å². The molecule has 0 N–H and O–H groups in total. The Hall–Kier alpha value is -2.39. The van der Waals surface area contributed by atoms with Gasteiger partial charge in [-0.1, -0.05) is 75.4 Å². The number of hydrogen-bond donors (Lipinski definition) is 0. The summed E-state index contributed by atoms with van der Waals surface area (Å²) in [6.45, 7) is 12.9. The Morgan fingerprint density at radius 3 is 2.35 bits per heavy atom. The molecule has 0 aliphatic carbocycles. The zero-order valence-electron chi connectivity index (χ0n) is 16.2. The van der Waals surface area contributed by atoms with Crippen LogP contribution in [0.4, 0.5) is 5.69 Å². The highest BCUT2D eigenvalue weighted by molar-refractivity contribution is 5.97. The van der Waals surface area contributed by atoms with E-state index in [1.807, 2.05) is 48.5 Å². The molecule has 0 radical (unpaired) electrons. The lowest BCUT2D eigenvalue weighted by Crippen LogP contribution is -2.40.